The largest absolute Gasteiger partial charge is 0.493 e. The van der Waals surface area contributed by atoms with Gasteiger partial charge in [-0.3, -0.25) is 4.79 Å². The van der Waals surface area contributed by atoms with Gasteiger partial charge in [0, 0.05) is 42.2 Å². The lowest BCUT2D eigenvalue weighted by molar-refractivity contribution is 0.0374. The van der Waals surface area contributed by atoms with E-state index in [0.29, 0.717) is 52.6 Å². The summed E-state index contributed by atoms with van der Waals surface area (Å²) in [5.41, 5.74) is 8.54. The lowest BCUT2D eigenvalue weighted by Crippen LogP contribution is -2.57. The number of aromatic nitrogens is 1. The van der Waals surface area contributed by atoms with Crippen LogP contribution < -0.4 is 10.5 Å². The summed E-state index contributed by atoms with van der Waals surface area (Å²) in [6.07, 6.45) is -0.451. The van der Waals surface area contributed by atoms with Crippen LogP contribution in [0.1, 0.15) is 16.8 Å². The first-order chi connectivity index (χ1) is 14.9. The van der Waals surface area contributed by atoms with Crippen molar-refractivity contribution in [3.63, 3.8) is 0 Å². The predicted molar refractivity (Wildman–Crippen MR) is 113 cm³/mol. The highest BCUT2D eigenvalue weighted by Crippen LogP contribution is 2.39. The van der Waals surface area contributed by atoms with Gasteiger partial charge < -0.3 is 29.8 Å². The zero-order valence-electron chi connectivity index (χ0n) is 16.4. The Balaban J connectivity index is 1.55. The van der Waals surface area contributed by atoms with E-state index in [2.05, 4.69) is 4.98 Å². The second-order valence-corrected chi connectivity index (χ2v) is 7.96. The number of fused-ring (bicyclic) bond motifs is 3. The van der Waals surface area contributed by atoms with Crippen LogP contribution in [0, 0.1) is 0 Å². The molecule has 0 unspecified atom stereocenters. The number of carbonyl (C=O) groups excluding carboxylic acids is 1. The SMILES string of the molecule is Nc1nc2c(-c3cc4c(cc3Cl)C(=O)N3CCN(C(=O)O)C[C@@H]3CCO4)cccc2o1. The fraction of sp³-hybridized carbons (Fsp3) is 0.286. The van der Waals surface area contributed by atoms with Crippen molar-refractivity contribution < 1.29 is 23.8 Å². The number of carboxylic acid groups (broad SMARTS) is 1. The minimum absolute atomic E-state index is 0.0581. The molecule has 3 heterocycles. The van der Waals surface area contributed by atoms with Crippen LogP contribution in [0.25, 0.3) is 22.2 Å². The summed E-state index contributed by atoms with van der Waals surface area (Å²) in [5, 5.41) is 9.65. The van der Waals surface area contributed by atoms with Gasteiger partial charge in [0.05, 0.1) is 18.2 Å². The number of hydrogen-bond donors (Lipinski definition) is 2. The number of ether oxygens (including phenoxy) is 1. The molecule has 1 atom stereocenters. The van der Waals surface area contributed by atoms with Crippen LogP contribution in [-0.4, -0.2) is 64.2 Å². The van der Waals surface area contributed by atoms with Crippen molar-refractivity contribution >= 4 is 40.7 Å². The number of nitrogens with zero attached hydrogens (tertiary/aromatic N) is 3. The maximum Gasteiger partial charge on any atom is 0.407 e. The Hall–Kier alpha value is -3.46. The summed E-state index contributed by atoms with van der Waals surface area (Å²) < 4.78 is 11.3. The number of carbonyl (C=O) groups is 2. The zero-order chi connectivity index (χ0) is 21.7. The van der Waals surface area contributed by atoms with Gasteiger partial charge in [0.25, 0.3) is 11.9 Å². The third-order valence-corrected chi connectivity index (χ3v) is 6.06. The molecule has 5 rings (SSSR count). The Bertz CT molecular complexity index is 1210. The highest BCUT2D eigenvalue weighted by Gasteiger charge is 2.35. The summed E-state index contributed by atoms with van der Waals surface area (Å²) in [7, 11) is 0. The standard InChI is InChI=1S/C21H19ClN4O5/c22-15-8-14-17(9-13(15)12-2-1-3-16-18(12)24-20(23)31-16)30-7-4-11-10-25(21(28)29)5-6-26(11)19(14)27/h1-3,8-9,11H,4-7,10H2,(H2,23,24)(H,28,29)/t11-/m0/s1. The van der Waals surface area contributed by atoms with Gasteiger partial charge in [0.2, 0.25) is 0 Å². The van der Waals surface area contributed by atoms with Gasteiger partial charge >= 0.3 is 6.09 Å². The fourth-order valence-corrected chi connectivity index (χ4v) is 4.50. The van der Waals surface area contributed by atoms with Crippen molar-refractivity contribution in [3.8, 4) is 16.9 Å². The molecule has 1 saturated heterocycles. The maximum absolute atomic E-state index is 13.3. The van der Waals surface area contributed by atoms with E-state index in [1.807, 2.05) is 12.1 Å². The first-order valence-electron chi connectivity index (χ1n) is 9.83. The third-order valence-electron chi connectivity index (χ3n) is 5.75. The predicted octanol–water partition coefficient (Wildman–Crippen LogP) is 3.32. The number of rotatable bonds is 1. The van der Waals surface area contributed by atoms with Crippen LogP contribution in [0.2, 0.25) is 5.02 Å². The molecule has 10 heteroatoms. The molecule has 2 aromatic carbocycles. The molecule has 31 heavy (non-hydrogen) atoms. The minimum atomic E-state index is -0.981. The highest BCUT2D eigenvalue weighted by molar-refractivity contribution is 6.34. The third kappa shape index (κ3) is 3.31. The van der Waals surface area contributed by atoms with E-state index < -0.39 is 6.09 Å². The van der Waals surface area contributed by atoms with Gasteiger partial charge in [-0.1, -0.05) is 23.7 Å². The molecular weight excluding hydrogens is 424 g/mol. The average Bonchev–Trinajstić information content (AvgIpc) is 3.13. The van der Waals surface area contributed by atoms with E-state index in [4.69, 9.17) is 26.5 Å². The number of halogens is 1. The summed E-state index contributed by atoms with van der Waals surface area (Å²) in [6.45, 7) is 1.21. The van der Waals surface area contributed by atoms with Gasteiger partial charge in [-0.25, -0.2) is 4.79 Å². The first-order valence-corrected chi connectivity index (χ1v) is 10.2. The van der Waals surface area contributed by atoms with Gasteiger partial charge in [-0.2, -0.15) is 4.98 Å². The van der Waals surface area contributed by atoms with Crippen LogP contribution in [0.15, 0.2) is 34.7 Å². The van der Waals surface area contributed by atoms with E-state index in [1.54, 1.807) is 23.1 Å². The molecule has 1 aromatic heterocycles. The Morgan fingerprint density at radius 2 is 2.06 bits per heavy atom. The Labute approximate surface area is 181 Å². The maximum atomic E-state index is 13.3. The Morgan fingerprint density at radius 1 is 1.23 bits per heavy atom. The monoisotopic (exact) mass is 442 g/mol. The molecule has 0 radical (unpaired) electrons. The Morgan fingerprint density at radius 3 is 2.87 bits per heavy atom. The second kappa shape index (κ2) is 7.35. The van der Waals surface area contributed by atoms with Crippen molar-refractivity contribution in [1.82, 2.24) is 14.8 Å². The van der Waals surface area contributed by atoms with E-state index in [-0.39, 0.29) is 31.1 Å². The van der Waals surface area contributed by atoms with E-state index >= 15 is 0 Å². The number of hydrogen-bond acceptors (Lipinski definition) is 6. The fourth-order valence-electron chi connectivity index (χ4n) is 4.23. The van der Waals surface area contributed by atoms with E-state index in [1.165, 1.54) is 4.90 Å². The van der Waals surface area contributed by atoms with Crippen LogP contribution >= 0.6 is 11.6 Å². The molecule has 2 aliphatic rings. The van der Waals surface area contributed by atoms with Crippen LogP contribution in [0.3, 0.4) is 0 Å². The number of benzene rings is 2. The number of anilines is 1. The van der Waals surface area contributed by atoms with Gasteiger partial charge in [-0.15, -0.1) is 0 Å². The van der Waals surface area contributed by atoms with Crippen LogP contribution in [-0.2, 0) is 0 Å². The topological polar surface area (TPSA) is 122 Å². The summed E-state index contributed by atoms with van der Waals surface area (Å²) >= 11 is 6.60. The molecule has 9 nitrogen and oxygen atoms in total. The number of oxazole rings is 1. The summed E-state index contributed by atoms with van der Waals surface area (Å²) in [6, 6.07) is 8.59. The molecule has 1 fully saturated rings. The highest BCUT2D eigenvalue weighted by atomic mass is 35.5. The van der Waals surface area contributed by atoms with Crippen molar-refractivity contribution in [3.05, 3.63) is 40.9 Å². The number of para-hydroxylation sites is 1. The van der Waals surface area contributed by atoms with Crippen LogP contribution in [0.4, 0.5) is 10.8 Å². The minimum Gasteiger partial charge on any atom is -0.493 e. The average molecular weight is 443 g/mol. The van der Waals surface area contributed by atoms with Crippen molar-refractivity contribution in [2.45, 2.75) is 12.5 Å². The smallest absolute Gasteiger partial charge is 0.407 e. The normalized spacial score (nSPS) is 18.7. The lowest BCUT2D eigenvalue weighted by Gasteiger charge is -2.41. The Kier molecular flexibility index (Phi) is 4.62. The van der Waals surface area contributed by atoms with Gasteiger partial charge in [0.1, 0.15) is 11.3 Å². The molecule has 0 spiro atoms. The number of amides is 2. The molecule has 0 saturated carbocycles. The number of nitrogen functional groups attached to an aromatic ring is 1. The quantitative estimate of drug-likeness (QED) is 0.592. The van der Waals surface area contributed by atoms with Crippen molar-refractivity contribution in [2.24, 2.45) is 0 Å². The second-order valence-electron chi connectivity index (χ2n) is 7.55. The summed E-state index contributed by atoms with van der Waals surface area (Å²) in [4.78, 5) is 31.9. The molecule has 0 bridgehead atoms. The molecule has 3 N–H and O–H groups in total. The zero-order valence-corrected chi connectivity index (χ0v) is 17.1. The van der Waals surface area contributed by atoms with Crippen molar-refractivity contribution in [1.29, 1.82) is 0 Å². The molecule has 0 aliphatic carbocycles. The molecular formula is C21H19ClN4O5. The number of nitrogens with two attached hydrogens (primary N) is 1. The van der Waals surface area contributed by atoms with E-state index in [9.17, 15) is 14.7 Å². The first kappa shape index (κ1) is 19.5. The van der Waals surface area contributed by atoms with Gasteiger partial charge in [-0.05, 0) is 18.2 Å². The van der Waals surface area contributed by atoms with Gasteiger partial charge in [0.15, 0.2) is 5.58 Å². The van der Waals surface area contributed by atoms with E-state index in [0.717, 1.165) is 5.56 Å². The van der Waals surface area contributed by atoms with Crippen LogP contribution in [0.5, 0.6) is 5.75 Å². The molecule has 160 valence electrons. The molecule has 2 aliphatic heterocycles. The lowest BCUT2D eigenvalue weighted by atomic mass is 9.99. The van der Waals surface area contributed by atoms with Crippen molar-refractivity contribution in [2.75, 3.05) is 32.0 Å². The molecule has 2 amide bonds. The summed E-state index contributed by atoms with van der Waals surface area (Å²) in [5.74, 6) is 0.207. The number of piperazine rings is 1. The molecule has 3 aromatic rings.